The third-order valence-electron chi connectivity index (χ3n) is 1.89. The van der Waals surface area contributed by atoms with Gasteiger partial charge in [0.2, 0.25) is 0 Å². The predicted octanol–water partition coefficient (Wildman–Crippen LogP) is 1.64. The fourth-order valence-electron chi connectivity index (χ4n) is 1.08. The van der Waals surface area contributed by atoms with Gasteiger partial charge in [-0.1, -0.05) is 17.7 Å². The molecule has 0 aliphatic heterocycles. The second-order valence-electron chi connectivity index (χ2n) is 3.10. The van der Waals surface area contributed by atoms with E-state index in [4.69, 9.17) is 17.3 Å². The summed E-state index contributed by atoms with van der Waals surface area (Å²) in [5.74, 6) is 0. The van der Waals surface area contributed by atoms with Crippen LogP contribution in [0.4, 0.5) is 10.5 Å². The standard InChI is InChI=1S/C9H9ClN4O3/c1-5(12-13-9(11)15)6-2-3-7(10)8(4-6)14(16)17/h2-4H,1H3,(H3,11,13,15)/b12-5+. The van der Waals surface area contributed by atoms with Gasteiger partial charge in [0.05, 0.1) is 10.6 Å². The number of halogens is 1. The summed E-state index contributed by atoms with van der Waals surface area (Å²) < 4.78 is 0. The van der Waals surface area contributed by atoms with Crippen molar-refractivity contribution in [1.82, 2.24) is 5.43 Å². The lowest BCUT2D eigenvalue weighted by Gasteiger charge is -2.02. The molecular formula is C9H9ClN4O3. The van der Waals surface area contributed by atoms with Gasteiger partial charge in [0.15, 0.2) is 0 Å². The van der Waals surface area contributed by atoms with Crippen LogP contribution in [0.25, 0.3) is 0 Å². The molecule has 90 valence electrons. The van der Waals surface area contributed by atoms with Crippen LogP contribution in [0.1, 0.15) is 12.5 Å². The molecule has 1 aromatic rings. The van der Waals surface area contributed by atoms with Crippen molar-refractivity contribution >= 4 is 29.0 Å². The molecule has 0 atom stereocenters. The van der Waals surface area contributed by atoms with E-state index >= 15 is 0 Å². The van der Waals surface area contributed by atoms with Gasteiger partial charge < -0.3 is 5.73 Å². The highest BCUT2D eigenvalue weighted by Gasteiger charge is 2.13. The Morgan fingerprint density at radius 1 is 1.59 bits per heavy atom. The second kappa shape index (κ2) is 5.26. The molecule has 7 nitrogen and oxygen atoms in total. The number of nitrogens with two attached hydrogens (primary N) is 1. The van der Waals surface area contributed by atoms with Crippen molar-refractivity contribution in [2.75, 3.05) is 0 Å². The van der Waals surface area contributed by atoms with E-state index in [1.807, 2.05) is 5.43 Å². The van der Waals surface area contributed by atoms with Gasteiger partial charge in [0.1, 0.15) is 5.02 Å². The number of benzene rings is 1. The molecule has 0 aliphatic carbocycles. The molecule has 0 aromatic heterocycles. The Labute approximate surface area is 101 Å². The van der Waals surface area contributed by atoms with E-state index in [1.165, 1.54) is 12.1 Å². The van der Waals surface area contributed by atoms with E-state index in [0.29, 0.717) is 11.3 Å². The zero-order valence-corrected chi connectivity index (χ0v) is 9.56. The van der Waals surface area contributed by atoms with Gasteiger partial charge in [-0.25, -0.2) is 10.2 Å². The van der Waals surface area contributed by atoms with Crippen molar-refractivity contribution < 1.29 is 9.72 Å². The minimum atomic E-state index is -0.812. The van der Waals surface area contributed by atoms with Crippen LogP contribution in [0.5, 0.6) is 0 Å². The molecule has 3 N–H and O–H groups in total. The van der Waals surface area contributed by atoms with Crippen molar-refractivity contribution in [1.29, 1.82) is 0 Å². The van der Waals surface area contributed by atoms with Crippen LogP contribution in [-0.2, 0) is 0 Å². The van der Waals surface area contributed by atoms with Gasteiger partial charge in [0, 0.05) is 11.6 Å². The van der Waals surface area contributed by atoms with Gasteiger partial charge >= 0.3 is 6.03 Å². The molecule has 0 fully saturated rings. The first-order valence-electron chi connectivity index (χ1n) is 4.46. The molecule has 1 rings (SSSR count). The van der Waals surface area contributed by atoms with Crippen LogP contribution in [0.2, 0.25) is 5.02 Å². The van der Waals surface area contributed by atoms with Crippen molar-refractivity contribution in [3.05, 3.63) is 38.9 Å². The Morgan fingerprint density at radius 3 is 2.76 bits per heavy atom. The smallest absolute Gasteiger partial charge is 0.332 e. The maximum Gasteiger partial charge on any atom is 0.332 e. The van der Waals surface area contributed by atoms with Gasteiger partial charge in [-0.2, -0.15) is 5.10 Å². The first-order chi connectivity index (χ1) is 7.91. The second-order valence-corrected chi connectivity index (χ2v) is 3.50. The van der Waals surface area contributed by atoms with Crippen LogP contribution < -0.4 is 11.2 Å². The topological polar surface area (TPSA) is 111 Å². The first kappa shape index (κ1) is 12.9. The number of carbonyl (C=O) groups excluding carboxylic acids is 1. The number of urea groups is 1. The van der Waals surface area contributed by atoms with Gasteiger partial charge in [0.25, 0.3) is 5.69 Å². The number of nitro benzene ring substituents is 1. The number of hydrazone groups is 1. The highest BCUT2D eigenvalue weighted by Crippen LogP contribution is 2.25. The largest absolute Gasteiger partial charge is 0.350 e. The predicted molar refractivity (Wildman–Crippen MR) is 63.0 cm³/mol. The molecule has 17 heavy (non-hydrogen) atoms. The lowest BCUT2D eigenvalue weighted by atomic mass is 10.1. The number of nitrogens with one attached hydrogen (secondary N) is 1. The number of primary amides is 1. The first-order valence-corrected chi connectivity index (χ1v) is 4.83. The minimum Gasteiger partial charge on any atom is -0.350 e. The lowest BCUT2D eigenvalue weighted by molar-refractivity contribution is -0.384. The number of hydrogen-bond acceptors (Lipinski definition) is 4. The molecule has 0 spiro atoms. The number of amides is 2. The maximum atomic E-state index is 10.7. The molecule has 2 amide bonds. The van der Waals surface area contributed by atoms with E-state index in [0.717, 1.165) is 0 Å². The number of nitro groups is 1. The lowest BCUT2D eigenvalue weighted by Crippen LogP contribution is -2.25. The summed E-state index contributed by atoms with van der Waals surface area (Å²) in [6.45, 7) is 1.57. The number of carbonyl (C=O) groups is 1. The molecule has 1 aromatic carbocycles. The molecule has 0 heterocycles. The highest BCUT2D eigenvalue weighted by molar-refractivity contribution is 6.32. The Hall–Kier alpha value is -2.15. The molecule has 0 saturated heterocycles. The summed E-state index contributed by atoms with van der Waals surface area (Å²) >= 11 is 5.65. The molecular weight excluding hydrogens is 248 g/mol. The SMILES string of the molecule is C/C(=N\NC(N)=O)c1ccc(Cl)c([N+](=O)[O-])c1. The van der Waals surface area contributed by atoms with Crippen molar-refractivity contribution in [2.45, 2.75) is 6.92 Å². The van der Waals surface area contributed by atoms with Crippen LogP contribution in [0, 0.1) is 10.1 Å². The number of rotatable bonds is 3. The van der Waals surface area contributed by atoms with Crippen LogP contribution in [-0.4, -0.2) is 16.7 Å². The molecule has 0 bridgehead atoms. The normalized spacial score (nSPS) is 11.1. The maximum absolute atomic E-state index is 10.7. The van der Waals surface area contributed by atoms with Crippen LogP contribution in [0.15, 0.2) is 23.3 Å². The Balaban J connectivity index is 3.07. The number of nitrogens with zero attached hydrogens (tertiary/aromatic N) is 2. The van der Waals surface area contributed by atoms with E-state index < -0.39 is 11.0 Å². The molecule has 0 aliphatic rings. The van der Waals surface area contributed by atoms with Crippen molar-refractivity contribution in [2.24, 2.45) is 10.8 Å². The summed E-state index contributed by atoms with van der Waals surface area (Å²) in [5.41, 5.74) is 7.49. The van der Waals surface area contributed by atoms with E-state index in [1.54, 1.807) is 13.0 Å². The number of hydrogen-bond donors (Lipinski definition) is 2. The van der Waals surface area contributed by atoms with E-state index in [-0.39, 0.29) is 10.7 Å². The van der Waals surface area contributed by atoms with Crippen molar-refractivity contribution in [3.63, 3.8) is 0 Å². The van der Waals surface area contributed by atoms with Crippen molar-refractivity contribution in [3.8, 4) is 0 Å². The molecule has 0 radical (unpaired) electrons. The third-order valence-corrected chi connectivity index (χ3v) is 2.21. The van der Waals surface area contributed by atoms with Gasteiger partial charge in [-0.05, 0) is 13.0 Å². The van der Waals surface area contributed by atoms with Gasteiger partial charge in [-0.15, -0.1) is 0 Å². The average molecular weight is 257 g/mol. The van der Waals surface area contributed by atoms with E-state index in [9.17, 15) is 14.9 Å². The zero-order chi connectivity index (χ0) is 13.0. The van der Waals surface area contributed by atoms with Crippen LogP contribution in [0.3, 0.4) is 0 Å². The zero-order valence-electron chi connectivity index (χ0n) is 8.81. The third kappa shape index (κ3) is 3.42. The van der Waals surface area contributed by atoms with Crippen LogP contribution >= 0.6 is 11.6 Å². The summed E-state index contributed by atoms with van der Waals surface area (Å²) in [6.07, 6.45) is 0. The molecule has 8 heteroatoms. The fourth-order valence-corrected chi connectivity index (χ4v) is 1.27. The Morgan fingerprint density at radius 2 is 2.24 bits per heavy atom. The minimum absolute atomic E-state index is 0.0365. The van der Waals surface area contributed by atoms with Gasteiger partial charge in [-0.3, -0.25) is 10.1 Å². The fraction of sp³-hybridized carbons (Fsp3) is 0.111. The summed E-state index contributed by atoms with van der Waals surface area (Å²) in [4.78, 5) is 20.5. The summed E-state index contributed by atoms with van der Waals surface area (Å²) in [5, 5.41) is 14.3. The van der Waals surface area contributed by atoms with E-state index in [2.05, 4.69) is 5.10 Å². The quantitative estimate of drug-likeness (QED) is 0.487. The summed E-state index contributed by atoms with van der Waals surface area (Å²) in [6, 6.07) is 3.40. The molecule has 0 saturated carbocycles. The monoisotopic (exact) mass is 256 g/mol. The molecule has 0 unspecified atom stereocenters. The summed E-state index contributed by atoms with van der Waals surface area (Å²) in [7, 11) is 0. The average Bonchev–Trinajstić information content (AvgIpc) is 2.26. The Kier molecular flexibility index (Phi) is 4.00. The Bertz CT molecular complexity index is 501. The highest BCUT2D eigenvalue weighted by atomic mass is 35.5.